The highest BCUT2D eigenvalue weighted by Gasteiger charge is 2.25. The van der Waals surface area contributed by atoms with E-state index in [-0.39, 0.29) is 17.7 Å². The molecule has 4 nitrogen and oxygen atoms in total. The number of hydrogen-bond acceptors (Lipinski definition) is 2. The first kappa shape index (κ1) is 15.6. The van der Waals surface area contributed by atoms with Crippen molar-refractivity contribution < 1.29 is 9.59 Å². The maximum Gasteiger partial charge on any atom is 0.246 e. The van der Waals surface area contributed by atoms with E-state index in [2.05, 4.69) is 5.32 Å². The fourth-order valence-corrected chi connectivity index (χ4v) is 2.54. The van der Waals surface area contributed by atoms with Crippen molar-refractivity contribution in [1.29, 1.82) is 0 Å². The van der Waals surface area contributed by atoms with Crippen molar-refractivity contribution in [2.24, 2.45) is 5.92 Å². The summed E-state index contributed by atoms with van der Waals surface area (Å²) in [6.07, 6.45) is 4.80. The fourth-order valence-electron chi connectivity index (χ4n) is 2.41. The van der Waals surface area contributed by atoms with E-state index in [0.29, 0.717) is 18.1 Å². The van der Waals surface area contributed by atoms with Gasteiger partial charge >= 0.3 is 0 Å². The zero-order valence-electron chi connectivity index (χ0n) is 12.0. The van der Waals surface area contributed by atoms with Crippen LogP contribution in [0.1, 0.15) is 18.4 Å². The quantitative estimate of drug-likeness (QED) is 0.871. The molecule has 0 saturated carbocycles. The molecule has 0 atom stereocenters. The SMILES string of the molecule is CNC(=O)C1CCN(C(=O)/C=C/c2ccc(Cl)cc2)CC1. The van der Waals surface area contributed by atoms with Gasteiger partial charge < -0.3 is 10.2 Å². The van der Waals surface area contributed by atoms with Gasteiger partial charge in [-0.3, -0.25) is 9.59 Å². The van der Waals surface area contributed by atoms with Gasteiger partial charge in [0, 0.05) is 37.2 Å². The van der Waals surface area contributed by atoms with Gasteiger partial charge in [0.2, 0.25) is 11.8 Å². The third-order valence-corrected chi connectivity index (χ3v) is 3.96. The maximum atomic E-state index is 12.1. The predicted molar refractivity (Wildman–Crippen MR) is 83.9 cm³/mol. The van der Waals surface area contributed by atoms with Gasteiger partial charge in [-0.1, -0.05) is 23.7 Å². The summed E-state index contributed by atoms with van der Waals surface area (Å²) in [6.45, 7) is 1.25. The van der Waals surface area contributed by atoms with Crippen LogP contribution >= 0.6 is 11.6 Å². The molecule has 1 aromatic rings. The van der Waals surface area contributed by atoms with Gasteiger partial charge in [-0.2, -0.15) is 0 Å². The van der Waals surface area contributed by atoms with Gasteiger partial charge in [-0.15, -0.1) is 0 Å². The zero-order chi connectivity index (χ0) is 15.2. The Hall–Kier alpha value is -1.81. The Morgan fingerprint density at radius 1 is 1.24 bits per heavy atom. The molecule has 0 radical (unpaired) electrons. The van der Waals surface area contributed by atoms with Crippen LogP contribution in [0.3, 0.4) is 0 Å². The van der Waals surface area contributed by atoms with Crippen molar-refractivity contribution in [2.75, 3.05) is 20.1 Å². The lowest BCUT2D eigenvalue weighted by Crippen LogP contribution is -2.41. The van der Waals surface area contributed by atoms with Gasteiger partial charge in [0.05, 0.1) is 0 Å². The lowest BCUT2D eigenvalue weighted by Gasteiger charge is -2.30. The number of nitrogens with one attached hydrogen (secondary N) is 1. The van der Waals surface area contributed by atoms with Crippen molar-refractivity contribution in [3.05, 3.63) is 40.9 Å². The van der Waals surface area contributed by atoms with Crippen LogP contribution in [-0.2, 0) is 9.59 Å². The molecule has 0 unspecified atom stereocenters. The Morgan fingerprint density at radius 3 is 2.43 bits per heavy atom. The molecule has 1 aliphatic rings. The molecule has 21 heavy (non-hydrogen) atoms. The van der Waals surface area contributed by atoms with Crippen LogP contribution in [-0.4, -0.2) is 36.9 Å². The van der Waals surface area contributed by atoms with E-state index in [1.807, 2.05) is 12.1 Å². The first-order valence-corrected chi connectivity index (χ1v) is 7.42. The highest BCUT2D eigenvalue weighted by atomic mass is 35.5. The molecular weight excluding hydrogens is 288 g/mol. The molecule has 2 amide bonds. The number of hydrogen-bond donors (Lipinski definition) is 1. The Kier molecular flexibility index (Phi) is 5.39. The van der Waals surface area contributed by atoms with Crippen LogP contribution in [0.25, 0.3) is 6.08 Å². The number of piperidine rings is 1. The monoisotopic (exact) mass is 306 g/mol. The Balaban J connectivity index is 1.87. The standard InChI is InChI=1S/C16H19ClN2O2/c1-18-16(21)13-8-10-19(11-9-13)15(20)7-4-12-2-5-14(17)6-3-12/h2-7,13H,8-11H2,1H3,(H,18,21)/b7-4+. The summed E-state index contributed by atoms with van der Waals surface area (Å²) < 4.78 is 0. The lowest BCUT2D eigenvalue weighted by molar-refractivity contribution is -0.131. The Morgan fingerprint density at radius 2 is 1.86 bits per heavy atom. The molecule has 0 aliphatic carbocycles. The molecule has 1 heterocycles. The van der Waals surface area contributed by atoms with Crippen molar-refractivity contribution in [3.63, 3.8) is 0 Å². The number of likely N-dealkylation sites (tertiary alicyclic amines) is 1. The van der Waals surface area contributed by atoms with Crippen molar-refractivity contribution >= 4 is 29.5 Å². The minimum atomic E-state index is -0.0136. The largest absolute Gasteiger partial charge is 0.359 e. The van der Waals surface area contributed by atoms with Crippen LogP contribution < -0.4 is 5.32 Å². The number of rotatable bonds is 3. The summed E-state index contributed by atoms with van der Waals surface area (Å²) in [4.78, 5) is 25.4. The third kappa shape index (κ3) is 4.33. The number of carbonyl (C=O) groups excluding carboxylic acids is 2. The molecule has 0 bridgehead atoms. The van der Waals surface area contributed by atoms with E-state index in [0.717, 1.165) is 18.4 Å². The predicted octanol–water partition coefficient (Wildman–Crippen LogP) is 2.34. The van der Waals surface area contributed by atoms with Crippen molar-refractivity contribution in [1.82, 2.24) is 10.2 Å². The normalized spacial score (nSPS) is 16.2. The van der Waals surface area contributed by atoms with Crippen LogP contribution in [0.5, 0.6) is 0 Å². The van der Waals surface area contributed by atoms with E-state index in [9.17, 15) is 9.59 Å². The number of halogens is 1. The summed E-state index contributed by atoms with van der Waals surface area (Å²) in [7, 11) is 1.65. The molecule has 5 heteroatoms. The van der Waals surface area contributed by atoms with Gasteiger partial charge in [0.15, 0.2) is 0 Å². The first-order chi connectivity index (χ1) is 10.1. The maximum absolute atomic E-state index is 12.1. The van der Waals surface area contributed by atoms with Gasteiger partial charge in [-0.25, -0.2) is 0 Å². The molecular formula is C16H19ClN2O2. The Bertz CT molecular complexity index is 532. The molecule has 2 rings (SSSR count). The molecule has 1 saturated heterocycles. The van der Waals surface area contributed by atoms with Crippen LogP contribution in [0.2, 0.25) is 5.02 Å². The average Bonchev–Trinajstić information content (AvgIpc) is 2.53. The second-order valence-corrected chi connectivity index (χ2v) is 5.54. The molecule has 0 aromatic heterocycles. The van der Waals surface area contributed by atoms with E-state index in [1.165, 1.54) is 0 Å². The van der Waals surface area contributed by atoms with Gasteiger partial charge in [0.25, 0.3) is 0 Å². The summed E-state index contributed by atoms with van der Waals surface area (Å²) >= 11 is 5.82. The van der Waals surface area contributed by atoms with Crippen LogP contribution in [0.4, 0.5) is 0 Å². The molecule has 1 fully saturated rings. The summed E-state index contributed by atoms with van der Waals surface area (Å²) in [5.74, 6) is 0.0819. The molecule has 1 aliphatic heterocycles. The van der Waals surface area contributed by atoms with Crippen molar-refractivity contribution in [2.45, 2.75) is 12.8 Å². The summed E-state index contributed by atoms with van der Waals surface area (Å²) in [5.41, 5.74) is 0.938. The number of nitrogens with zero attached hydrogens (tertiary/aromatic N) is 1. The topological polar surface area (TPSA) is 49.4 Å². The summed E-state index contributed by atoms with van der Waals surface area (Å²) in [5, 5.41) is 3.34. The number of amides is 2. The smallest absolute Gasteiger partial charge is 0.246 e. The summed E-state index contributed by atoms with van der Waals surface area (Å²) in [6, 6.07) is 7.31. The highest BCUT2D eigenvalue weighted by molar-refractivity contribution is 6.30. The minimum absolute atomic E-state index is 0.0136. The van der Waals surface area contributed by atoms with Crippen molar-refractivity contribution in [3.8, 4) is 0 Å². The molecule has 1 aromatic carbocycles. The minimum Gasteiger partial charge on any atom is -0.359 e. The Labute approximate surface area is 129 Å². The van der Waals surface area contributed by atoms with Gasteiger partial charge in [0.1, 0.15) is 0 Å². The zero-order valence-corrected chi connectivity index (χ0v) is 12.8. The van der Waals surface area contributed by atoms with E-state index in [4.69, 9.17) is 11.6 Å². The second kappa shape index (κ2) is 7.27. The second-order valence-electron chi connectivity index (χ2n) is 5.10. The fraction of sp³-hybridized carbons (Fsp3) is 0.375. The number of benzene rings is 1. The molecule has 0 spiro atoms. The molecule has 112 valence electrons. The number of carbonyl (C=O) groups is 2. The van der Waals surface area contributed by atoms with E-state index >= 15 is 0 Å². The van der Waals surface area contributed by atoms with E-state index in [1.54, 1.807) is 36.2 Å². The highest BCUT2D eigenvalue weighted by Crippen LogP contribution is 2.18. The van der Waals surface area contributed by atoms with Gasteiger partial charge in [-0.05, 0) is 36.6 Å². The lowest BCUT2D eigenvalue weighted by atomic mass is 9.96. The first-order valence-electron chi connectivity index (χ1n) is 7.04. The van der Waals surface area contributed by atoms with Crippen LogP contribution in [0.15, 0.2) is 30.3 Å². The molecule has 1 N–H and O–H groups in total. The average molecular weight is 307 g/mol. The van der Waals surface area contributed by atoms with Crippen LogP contribution in [0, 0.1) is 5.92 Å². The van der Waals surface area contributed by atoms with E-state index < -0.39 is 0 Å². The third-order valence-electron chi connectivity index (χ3n) is 3.71.